The Labute approximate surface area is 179 Å². The van der Waals surface area contributed by atoms with Crippen LogP contribution >= 0.6 is 0 Å². The second-order valence-electron chi connectivity index (χ2n) is 8.36. The smallest absolute Gasteiger partial charge is 0.225 e. The summed E-state index contributed by atoms with van der Waals surface area (Å²) in [6.45, 7) is 4.02. The normalized spacial score (nSPS) is 21.4. The van der Waals surface area contributed by atoms with Crippen LogP contribution in [0.5, 0.6) is 0 Å². The molecular weight excluding hydrogens is 402 g/mol. The largest absolute Gasteiger partial charge is 0.352 e. The van der Waals surface area contributed by atoms with E-state index < -0.39 is 10.0 Å². The Hall–Kier alpha value is -1.93. The molecule has 2 aliphatic rings. The van der Waals surface area contributed by atoms with Crippen LogP contribution in [-0.4, -0.2) is 61.7 Å². The van der Waals surface area contributed by atoms with E-state index in [1.54, 1.807) is 0 Å². The molecular formula is C22H33N3O4S. The highest BCUT2D eigenvalue weighted by Crippen LogP contribution is 2.25. The highest BCUT2D eigenvalue weighted by Gasteiger charge is 2.34. The molecule has 30 heavy (non-hydrogen) atoms. The molecule has 1 aromatic rings. The summed E-state index contributed by atoms with van der Waals surface area (Å²) in [6.07, 6.45) is 4.21. The van der Waals surface area contributed by atoms with Gasteiger partial charge < -0.3 is 10.2 Å². The van der Waals surface area contributed by atoms with Crippen LogP contribution < -0.4 is 5.32 Å². The molecule has 0 radical (unpaired) electrons. The van der Waals surface area contributed by atoms with E-state index in [4.69, 9.17) is 0 Å². The SMILES string of the molecule is CCCC(=O)NC1CCCN(C(=O)C2CCN(S(=O)(=O)Cc3ccccc3)CC2)C1. The van der Waals surface area contributed by atoms with Crippen LogP contribution in [0.2, 0.25) is 0 Å². The summed E-state index contributed by atoms with van der Waals surface area (Å²) in [6, 6.07) is 9.21. The summed E-state index contributed by atoms with van der Waals surface area (Å²) >= 11 is 0. The molecule has 0 aromatic heterocycles. The van der Waals surface area contributed by atoms with Crippen molar-refractivity contribution in [2.45, 2.75) is 57.2 Å². The van der Waals surface area contributed by atoms with E-state index in [0.29, 0.717) is 45.4 Å². The van der Waals surface area contributed by atoms with Gasteiger partial charge in [0.2, 0.25) is 21.8 Å². The van der Waals surface area contributed by atoms with Crippen LogP contribution in [-0.2, 0) is 25.4 Å². The van der Waals surface area contributed by atoms with Crippen LogP contribution in [0.3, 0.4) is 0 Å². The average Bonchev–Trinajstić information content (AvgIpc) is 2.74. The van der Waals surface area contributed by atoms with E-state index in [9.17, 15) is 18.0 Å². The van der Waals surface area contributed by atoms with Gasteiger partial charge in [0, 0.05) is 44.6 Å². The van der Waals surface area contributed by atoms with Gasteiger partial charge in [-0.1, -0.05) is 37.3 Å². The Balaban J connectivity index is 1.50. The standard InChI is InChI=1S/C22H33N3O4S/c1-2-7-21(26)23-20-10-6-13-24(16-20)22(27)19-11-14-25(15-12-19)30(28,29)17-18-8-4-3-5-9-18/h3-5,8-9,19-20H,2,6-7,10-17H2,1H3,(H,23,26). The molecule has 0 spiro atoms. The maximum Gasteiger partial charge on any atom is 0.225 e. The fourth-order valence-electron chi connectivity index (χ4n) is 4.34. The van der Waals surface area contributed by atoms with Gasteiger partial charge in [0.1, 0.15) is 0 Å². The number of likely N-dealkylation sites (tertiary alicyclic amines) is 1. The molecule has 2 fully saturated rings. The molecule has 2 amide bonds. The molecule has 7 nitrogen and oxygen atoms in total. The first-order valence-electron chi connectivity index (χ1n) is 11.0. The summed E-state index contributed by atoms with van der Waals surface area (Å²) in [5.74, 6) is 0.00843. The lowest BCUT2D eigenvalue weighted by atomic mass is 9.95. The summed E-state index contributed by atoms with van der Waals surface area (Å²) in [5, 5.41) is 3.04. The Bertz CT molecular complexity index is 820. The van der Waals surface area contributed by atoms with Gasteiger partial charge in [0.25, 0.3) is 0 Å². The lowest BCUT2D eigenvalue weighted by molar-refractivity contribution is -0.138. The lowest BCUT2D eigenvalue weighted by Gasteiger charge is -2.37. The fourth-order valence-corrected chi connectivity index (χ4v) is 5.90. The number of amides is 2. The van der Waals surface area contributed by atoms with E-state index >= 15 is 0 Å². The molecule has 0 saturated carbocycles. The van der Waals surface area contributed by atoms with Crippen molar-refractivity contribution in [2.75, 3.05) is 26.2 Å². The summed E-state index contributed by atoms with van der Waals surface area (Å²) in [4.78, 5) is 26.7. The van der Waals surface area contributed by atoms with Crippen LogP contribution in [0.4, 0.5) is 0 Å². The predicted octanol–water partition coefficient (Wildman–Crippen LogP) is 2.14. The van der Waals surface area contributed by atoms with Crippen LogP contribution in [0.1, 0.15) is 51.0 Å². The maximum atomic E-state index is 13.0. The van der Waals surface area contributed by atoms with Crippen molar-refractivity contribution in [1.29, 1.82) is 0 Å². The van der Waals surface area contributed by atoms with Crippen molar-refractivity contribution in [3.05, 3.63) is 35.9 Å². The minimum atomic E-state index is -3.38. The zero-order valence-electron chi connectivity index (χ0n) is 17.8. The number of sulfonamides is 1. The highest BCUT2D eigenvalue weighted by atomic mass is 32.2. The van der Waals surface area contributed by atoms with Crippen molar-refractivity contribution in [2.24, 2.45) is 5.92 Å². The lowest BCUT2D eigenvalue weighted by Crippen LogP contribution is -2.52. The minimum absolute atomic E-state index is 0.00227. The zero-order valence-corrected chi connectivity index (χ0v) is 18.6. The average molecular weight is 436 g/mol. The molecule has 166 valence electrons. The fraction of sp³-hybridized carbons (Fsp3) is 0.636. The van der Waals surface area contributed by atoms with E-state index in [0.717, 1.165) is 24.8 Å². The highest BCUT2D eigenvalue weighted by molar-refractivity contribution is 7.88. The number of carbonyl (C=O) groups excluding carboxylic acids is 2. The third-order valence-corrected chi connectivity index (χ3v) is 7.81. The quantitative estimate of drug-likeness (QED) is 0.711. The van der Waals surface area contributed by atoms with Gasteiger partial charge in [0.15, 0.2) is 0 Å². The monoisotopic (exact) mass is 435 g/mol. The van der Waals surface area contributed by atoms with Crippen molar-refractivity contribution in [3.8, 4) is 0 Å². The van der Waals surface area contributed by atoms with Crippen LogP contribution in [0, 0.1) is 5.92 Å². The second kappa shape index (κ2) is 10.4. The van der Waals surface area contributed by atoms with Gasteiger partial charge in [-0.25, -0.2) is 12.7 Å². The van der Waals surface area contributed by atoms with E-state index in [-0.39, 0.29) is 29.5 Å². The van der Waals surface area contributed by atoms with Crippen LogP contribution in [0.15, 0.2) is 30.3 Å². The van der Waals surface area contributed by atoms with E-state index in [1.807, 2.05) is 42.2 Å². The molecule has 1 N–H and O–H groups in total. The number of carbonyl (C=O) groups is 2. The maximum absolute atomic E-state index is 13.0. The molecule has 8 heteroatoms. The van der Waals surface area contributed by atoms with E-state index in [1.165, 1.54) is 4.31 Å². The Morgan fingerprint density at radius 2 is 1.77 bits per heavy atom. The minimum Gasteiger partial charge on any atom is -0.352 e. The van der Waals surface area contributed by atoms with Crippen molar-refractivity contribution >= 4 is 21.8 Å². The Morgan fingerprint density at radius 3 is 2.43 bits per heavy atom. The number of nitrogens with one attached hydrogen (secondary N) is 1. The Morgan fingerprint density at radius 1 is 1.07 bits per heavy atom. The summed E-state index contributed by atoms with van der Waals surface area (Å²) in [7, 11) is -3.38. The first kappa shape index (κ1) is 22.7. The van der Waals surface area contributed by atoms with Crippen molar-refractivity contribution in [1.82, 2.24) is 14.5 Å². The third kappa shape index (κ3) is 6.04. The molecule has 1 atom stereocenters. The molecule has 2 saturated heterocycles. The predicted molar refractivity (Wildman–Crippen MR) is 116 cm³/mol. The molecule has 1 unspecified atom stereocenters. The van der Waals surface area contributed by atoms with Crippen molar-refractivity contribution in [3.63, 3.8) is 0 Å². The summed E-state index contributed by atoms with van der Waals surface area (Å²) in [5.41, 5.74) is 0.778. The number of rotatable bonds is 7. The zero-order chi connectivity index (χ0) is 21.6. The van der Waals surface area contributed by atoms with Gasteiger partial charge in [-0.3, -0.25) is 9.59 Å². The number of benzene rings is 1. The molecule has 2 aliphatic heterocycles. The number of hydrogen-bond donors (Lipinski definition) is 1. The van der Waals surface area contributed by atoms with Crippen LogP contribution in [0.25, 0.3) is 0 Å². The first-order valence-corrected chi connectivity index (χ1v) is 12.6. The van der Waals surface area contributed by atoms with Gasteiger partial charge in [-0.2, -0.15) is 0 Å². The Kier molecular flexibility index (Phi) is 7.88. The molecule has 0 aliphatic carbocycles. The van der Waals surface area contributed by atoms with Gasteiger partial charge in [-0.15, -0.1) is 0 Å². The van der Waals surface area contributed by atoms with E-state index in [2.05, 4.69) is 5.32 Å². The molecule has 1 aromatic carbocycles. The molecule has 2 heterocycles. The molecule has 3 rings (SSSR count). The first-order chi connectivity index (χ1) is 14.4. The number of piperidine rings is 2. The van der Waals surface area contributed by atoms with Gasteiger partial charge >= 0.3 is 0 Å². The second-order valence-corrected chi connectivity index (χ2v) is 10.3. The summed E-state index contributed by atoms with van der Waals surface area (Å²) < 4.78 is 27.0. The topological polar surface area (TPSA) is 86.8 Å². The van der Waals surface area contributed by atoms with Crippen molar-refractivity contribution < 1.29 is 18.0 Å². The third-order valence-electron chi connectivity index (χ3n) is 5.96. The number of nitrogens with zero attached hydrogens (tertiary/aromatic N) is 2. The van der Waals surface area contributed by atoms with Gasteiger partial charge in [0.05, 0.1) is 5.75 Å². The van der Waals surface area contributed by atoms with Gasteiger partial charge in [-0.05, 0) is 37.7 Å². The number of hydrogen-bond acceptors (Lipinski definition) is 4. The molecule has 0 bridgehead atoms.